The molecule has 2 rings (SSSR count). The van der Waals surface area contributed by atoms with Crippen LogP contribution in [0.3, 0.4) is 0 Å². The molecule has 0 fully saturated rings. The Balaban J connectivity index is 1.96. The molecule has 90 valence electrons. The number of hydrogen-bond acceptors (Lipinski definition) is 2. The molecule has 0 saturated heterocycles. The highest BCUT2D eigenvalue weighted by atomic mass is 32.2. The topological polar surface area (TPSA) is 12.4 Å². The second-order valence-electron chi connectivity index (χ2n) is 3.75. The Bertz CT molecular complexity index is 527. The van der Waals surface area contributed by atoms with Gasteiger partial charge in [-0.15, -0.1) is 11.8 Å². The predicted octanol–water partition coefficient (Wildman–Crippen LogP) is 4.82. The highest BCUT2D eigenvalue weighted by molar-refractivity contribution is 7.98. The molecule has 0 aliphatic rings. The van der Waals surface area contributed by atoms with Crippen LogP contribution in [0.2, 0.25) is 0 Å². The molecular formula is C16H15NS. The summed E-state index contributed by atoms with van der Waals surface area (Å²) in [5, 5.41) is 0. The molecule has 0 aliphatic carbocycles. The Labute approximate surface area is 112 Å². The van der Waals surface area contributed by atoms with Crippen molar-refractivity contribution in [3.8, 4) is 0 Å². The van der Waals surface area contributed by atoms with Crippen LogP contribution in [-0.2, 0) is 0 Å². The van der Waals surface area contributed by atoms with Gasteiger partial charge < -0.3 is 0 Å². The van der Waals surface area contributed by atoms with Gasteiger partial charge in [0.25, 0.3) is 0 Å². The molecule has 0 amide bonds. The van der Waals surface area contributed by atoms with Gasteiger partial charge in [-0.25, -0.2) is 0 Å². The lowest BCUT2D eigenvalue weighted by atomic mass is 10.2. The number of benzene rings is 2. The molecule has 0 bridgehead atoms. The average Bonchev–Trinajstić information content (AvgIpc) is 2.45. The van der Waals surface area contributed by atoms with Crippen LogP contribution in [0, 0.1) is 0 Å². The maximum atomic E-state index is 4.38. The highest BCUT2D eigenvalue weighted by Gasteiger charge is 1.89. The van der Waals surface area contributed by atoms with Gasteiger partial charge in [-0.1, -0.05) is 36.4 Å². The van der Waals surface area contributed by atoms with E-state index in [-0.39, 0.29) is 0 Å². The second kappa shape index (κ2) is 6.82. The van der Waals surface area contributed by atoms with Crippen LogP contribution < -0.4 is 0 Å². The van der Waals surface area contributed by atoms with E-state index in [1.165, 1.54) is 10.5 Å². The maximum Gasteiger partial charge on any atom is 0.0630 e. The van der Waals surface area contributed by atoms with Crippen molar-refractivity contribution in [3.63, 3.8) is 0 Å². The van der Waals surface area contributed by atoms with E-state index in [0.29, 0.717) is 0 Å². The van der Waals surface area contributed by atoms with E-state index in [0.717, 1.165) is 5.69 Å². The molecule has 18 heavy (non-hydrogen) atoms. The van der Waals surface area contributed by atoms with Crippen LogP contribution in [-0.4, -0.2) is 12.5 Å². The quantitative estimate of drug-likeness (QED) is 0.562. The first kappa shape index (κ1) is 12.7. The van der Waals surface area contributed by atoms with E-state index >= 15 is 0 Å². The van der Waals surface area contributed by atoms with Crippen LogP contribution in [0.1, 0.15) is 5.56 Å². The monoisotopic (exact) mass is 253 g/mol. The number of thioether (sulfide) groups is 1. The number of aliphatic imine (C=N–C) groups is 1. The summed E-state index contributed by atoms with van der Waals surface area (Å²) >= 11 is 1.74. The van der Waals surface area contributed by atoms with Crippen molar-refractivity contribution in [1.29, 1.82) is 0 Å². The number of nitrogens with zero attached hydrogens (tertiary/aromatic N) is 1. The van der Waals surface area contributed by atoms with E-state index in [1.807, 2.05) is 48.7 Å². The summed E-state index contributed by atoms with van der Waals surface area (Å²) in [6, 6.07) is 18.4. The minimum Gasteiger partial charge on any atom is -0.257 e. The van der Waals surface area contributed by atoms with Crippen molar-refractivity contribution >= 4 is 29.7 Å². The van der Waals surface area contributed by atoms with Gasteiger partial charge in [0.05, 0.1) is 5.69 Å². The van der Waals surface area contributed by atoms with Crippen molar-refractivity contribution in [2.75, 3.05) is 6.26 Å². The zero-order chi connectivity index (χ0) is 12.6. The summed E-state index contributed by atoms with van der Waals surface area (Å²) < 4.78 is 0. The zero-order valence-electron chi connectivity index (χ0n) is 10.3. The molecule has 0 N–H and O–H groups in total. The van der Waals surface area contributed by atoms with Gasteiger partial charge in [-0.3, -0.25) is 4.99 Å². The molecule has 2 aromatic rings. The van der Waals surface area contributed by atoms with E-state index in [2.05, 4.69) is 35.5 Å². The first-order valence-electron chi connectivity index (χ1n) is 5.78. The fourth-order valence-electron chi connectivity index (χ4n) is 1.52. The number of hydrogen-bond donors (Lipinski definition) is 0. The summed E-state index contributed by atoms with van der Waals surface area (Å²) in [6.07, 6.45) is 7.89. The van der Waals surface area contributed by atoms with E-state index in [9.17, 15) is 0 Å². The van der Waals surface area contributed by atoms with Gasteiger partial charge >= 0.3 is 0 Å². The third kappa shape index (κ3) is 3.90. The Hall–Kier alpha value is -1.80. The van der Waals surface area contributed by atoms with Gasteiger partial charge in [0.15, 0.2) is 0 Å². The van der Waals surface area contributed by atoms with Gasteiger partial charge in [-0.2, -0.15) is 0 Å². The van der Waals surface area contributed by atoms with Crippen molar-refractivity contribution in [2.45, 2.75) is 4.90 Å². The van der Waals surface area contributed by atoms with Crippen molar-refractivity contribution < 1.29 is 0 Å². The molecule has 0 unspecified atom stereocenters. The molecule has 1 nitrogen and oxygen atoms in total. The molecule has 0 aromatic heterocycles. The Morgan fingerprint density at radius 1 is 0.944 bits per heavy atom. The SMILES string of the molecule is CSc1ccc(N=CC=Cc2ccccc2)cc1. The first-order chi connectivity index (χ1) is 8.88. The van der Waals surface area contributed by atoms with Crippen LogP contribution in [0.4, 0.5) is 5.69 Å². The normalized spacial score (nSPS) is 11.4. The standard InChI is InChI=1S/C16H15NS/c1-18-16-11-9-15(10-12-16)17-13-5-8-14-6-3-2-4-7-14/h2-13H,1H3. The third-order valence-electron chi connectivity index (χ3n) is 2.47. The largest absolute Gasteiger partial charge is 0.257 e. The summed E-state index contributed by atoms with van der Waals surface area (Å²) in [4.78, 5) is 5.63. The molecule has 0 saturated carbocycles. The van der Waals surface area contributed by atoms with Crippen LogP contribution in [0.25, 0.3) is 6.08 Å². The fraction of sp³-hybridized carbons (Fsp3) is 0.0625. The Kier molecular flexibility index (Phi) is 4.79. The molecule has 0 spiro atoms. The smallest absolute Gasteiger partial charge is 0.0630 e. The van der Waals surface area contributed by atoms with Crippen LogP contribution in [0.5, 0.6) is 0 Å². The molecule has 0 heterocycles. The lowest BCUT2D eigenvalue weighted by Crippen LogP contribution is -1.71. The lowest BCUT2D eigenvalue weighted by molar-refractivity contribution is 1.43. The fourth-order valence-corrected chi connectivity index (χ4v) is 1.92. The summed E-state index contributed by atoms with van der Waals surface area (Å²) in [7, 11) is 0. The predicted molar refractivity (Wildman–Crippen MR) is 81.9 cm³/mol. The minimum absolute atomic E-state index is 0.977. The molecule has 2 aromatic carbocycles. The van der Waals surface area contributed by atoms with Gasteiger partial charge in [0.1, 0.15) is 0 Å². The van der Waals surface area contributed by atoms with Gasteiger partial charge in [0.2, 0.25) is 0 Å². The summed E-state index contributed by atoms with van der Waals surface area (Å²) in [5.74, 6) is 0. The van der Waals surface area contributed by atoms with Gasteiger partial charge in [-0.05, 0) is 42.2 Å². The number of rotatable bonds is 4. The Morgan fingerprint density at radius 3 is 2.33 bits per heavy atom. The first-order valence-corrected chi connectivity index (χ1v) is 7.01. The molecule has 2 heteroatoms. The second-order valence-corrected chi connectivity index (χ2v) is 4.63. The zero-order valence-corrected chi connectivity index (χ0v) is 11.1. The molecular weight excluding hydrogens is 238 g/mol. The van der Waals surface area contributed by atoms with Crippen LogP contribution in [0.15, 0.2) is 70.6 Å². The lowest BCUT2D eigenvalue weighted by Gasteiger charge is -1.95. The van der Waals surface area contributed by atoms with E-state index in [4.69, 9.17) is 0 Å². The summed E-state index contributed by atoms with van der Waals surface area (Å²) in [6.45, 7) is 0. The van der Waals surface area contributed by atoms with E-state index < -0.39 is 0 Å². The minimum atomic E-state index is 0.977. The number of allylic oxidation sites excluding steroid dienone is 1. The van der Waals surface area contributed by atoms with Crippen LogP contribution >= 0.6 is 11.8 Å². The molecule has 0 radical (unpaired) electrons. The third-order valence-corrected chi connectivity index (χ3v) is 3.21. The molecule has 0 atom stereocenters. The van der Waals surface area contributed by atoms with Gasteiger partial charge in [0, 0.05) is 11.1 Å². The van der Waals surface area contributed by atoms with E-state index in [1.54, 1.807) is 11.8 Å². The summed E-state index contributed by atoms with van der Waals surface area (Å²) in [5.41, 5.74) is 2.16. The van der Waals surface area contributed by atoms with Crippen molar-refractivity contribution in [3.05, 3.63) is 66.2 Å². The average molecular weight is 253 g/mol. The Morgan fingerprint density at radius 2 is 1.67 bits per heavy atom. The highest BCUT2D eigenvalue weighted by Crippen LogP contribution is 2.18. The van der Waals surface area contributed by atoms with Crippen molar-refractivity contribution in [2.24, 2.45) is 4.99 Å². The van der Waals surface area contributed by atoms with Crippen molar-refractivity contribution in [1.82, 2.24) is 0 Å². The maximum absolute atomic E-state index is 4.38. The molecule has 0 aliphatic heterocycles.